The molecule has 2 N–H and O–H groups in total. The van der Waals surface area contributed by atoms with E-state index < -0.39 is 5.91 Å². The van der Waals surface area contributed by atoms with Gasteiger partial charge in [0.25, 0.3) is 0 Å². The summed E-state index contributed by atoms with van der Waals surface area (Å²) in [5.41, 5.74) is 9.02. The van der Waals surface area contributed by atoms with Crippen molar-refractivity contribution in [2.75, 3.05) is 0 Å². The summed E-state index contributed by atoms with van der Waals surface area (Å²) < 4.78 is 4.00. The topological polar surface area (TPSA) is 78.2 Å². The highest BCUT2D eigenvalue weighted by Crippen LogP contribution is 2.24. The van der Waals surface area contributed by atoms with Crippen molar-refractivity contribution in [2.45, 2.75) is 32.7 Å². The number of nitrogens with two attached hydrogens (primary N) is 1. The largest absolute Gasteiger partial charge is 0.366 e. The number of unbranched alkanes of at least 4 members (excludes halogenated alkanes) is 1. The van der Waals surface area contributed by atoms with E-state index >= 15 is 0 Å². The van der Waals surface area contributed by atoms with E-state index in [0.29, 0.717) is 12.1 Å². The van der Waals surface area contributed by atoms with E-state index in [2.05, 4.69) is 33.7 Å². The predicted molar refractivity (Wildman–Crippen MR) is 109 cm³/mol. The second-order valence-electron chi connectivity index (χ2n) is 6.88. The fraction of sp³-hybridized carbons (Fsp3) is 0.227. The van der Waals surface area contributed by atoms with Crippen molar-refractivity contribution in [1.29, 1.82) is 0 Å². The molecular weight excluding hydrogens is 350 g/mol. The number of amides is 1. The van der Waals surface area contributed by atoms with Gasteiger partial charge in [0.15, 0.2) is 0 Å². The van der Waals surface area contributed by atoms with Crippen LogP contribution in [0.4, 0.5) is 0 Å². The van der Waals surface area contributed by atoms with Crippen molar-refractivity contribution in [3.63, 3.8) is 0 Å². The molecule has 0 aliphatic rings. The Bertz CT molecular complexity index is 1110. The Morgan fingerprint density at radius 3 is 2.64 bits per heavy atom. The molecule has 0 aliphatic carbocycles. The monoisotopic (exact) mass is 373 g/mol. The number of hydrogen-bond acceptors (Lipinski definition) is 3. The molecule has 0 radical (unpaired) electrons. The Balaban J connectivity index is 1.63. The molecule has 0 unspecified atom stereocenters. The second-order valence-corrected chi connectivity index (χ2v) is 6.88. The van der Waals surface area contributed by atoms with Crippen LogP contribution in [-0.4, -0.2) is 25.1 Å². The molecule has 4 aromatic rings. The minimum atomic E-state index is -0.416. The molecule has 0 saturated heterocycles. The lowest BCUT2D eigenvalue weighted by Crippen LogP contribution is -2.12. The van der Waals surface area contributed by atoms with Gasteiger partial charge in [0, 0.05) is 18.2 Å². The van der Waals surface area contributed by atoms with Gasteiger partial charge in [0.2, 0.25) is 11.7 Å². The smallest absolute Gasteiger partial charge is 0.249 e. The van der Waals surface area contributed by atoms with E-state index in [4.69, 9.17) is 5.73 Å². The maximum absolute atomic E-state index is 11.7. The van der Waals surface area contributed by atoms with Crippen molar-refractivity contribution < 1.29 is 4.79 Å². The normalized spacial score (nSPS) is 11.2. The van der Waals surface area contributed by atoms with Crippen LogP contribution in [0.25, 0.3) is 16.9 Å². The van der Waals surface area contributed by atoms with Gasteiger partial charge in [0.1, 0.15) is 5.82 Å². The van der Waals surface area contributed by atoms with Crippen LogP contribution in [0, 0.1) is 0 Å². The van der Waals surface area contributed by atoms with Crippen LogP contribution in [0.3, 0.4) is 0 Å². The van der Waals surface area contributed by atoms with Crippen LogP contribution in [-0.2, 0) is 13.0 Å². The molecule has 0 fully saturated rings. The molecule has 28 heavy (non-hydrogen) atoms. The standard InChI is InChI=1S/C22H23N5O/c1-2-3-8-20-25-27-14-13-24-22(27)26(20)15-16-9-11-17(12-10-16)18-6-4-5-7-19(18)21(23)28/h4-7,9-14H,2-3,8,15H2,1H3,(H2,23,28). The van der Waals surface area contributed by atoms with Crippen LogP contribution in [0.1, 0.15) is 41.5 Å². The lowest BCUT2D eigenvalue weighted by molar-refractivity contribution is 0.100. The van der Waals surface area contributed by atoms with E-state index in [9.17, 15) is 4.79 Å². The molecule has 6 nitrogen and oxygen atoms in total. The van der Waals surface area contributed by atoms with Gasteiger partial charge in [-0.3, -0.25) is 9.36 Å². The van der Waals surface area contributed by atoms with Gasteiger partial charge in [-0.15, -0.1) is 0 Å². The number of aromatic nitrogens is 4. The molecule has 4 rings (SSSR count). The van der Waals surface area contributed by atoms with Crippen LogP contribution in [0.2, 0.25) is 0 Å². The number of aryl methyl sites for hydroxylation is 1. The molecular formula is C22H23N5O. The summed E-state index contributed by atoms with van der Waals surface area (Å²) in [6.07, 6.45) is 6.81. The molecule has 0 spiro atoms. The maximum atomic E-state index is 11.7. The highest BCUT2D eigenvalue weighted by atomic mass is 16.1. The highest BCUT2D eigenvalue weighted by Gasteiger charge is 2.13. The summed E-state index contributed by atoms with van der Waals surface area (Å²) >= 11 is 0. The summed E-state index contributed by atoms with van der Waals surface area (Å²) in [6, 6.07) is 15.6. The quantitative estimate of drug-likeness (QED) is 0.537. The molecule has 1 amide bonds. The van der Waals surface area contributed by atoms with Gasteiger partial charge in [-0.1, -0.05) is 55.8 Å². The highest BCUT2D eigenvalue weighted by molar-refractivity contribution is 5.99. The number of primary amides is 1. The SMILES string of the molecule is CCCCc1nn2ccnc2n1Cc1ccc(-c2ccccc2C(N)=O)cc1. The van der Waals surface area contributed by atoms with Gasteiger partial charge in [0.05, 0.1) is 12.7 Å². The minimum Gasteiger partial charge on any atom is -0.366 e. The third-order valence-corrected chi connectivity index (χ3v) is 4.93. The molecule has 6 heteroatoms. The summed E-state index contributed by atoms with van der Waals surface area (Å²) in [6.45, 7) is 2.89. The fourth-order valence-electron chi connectivity index (χ4n) is 3.46. The first-order chi connectivity index (χ1) is 13.7. The van der Waals surface area contributed by atoms with E-state index in [0.717, 1.165) is 47.6 Å². The van der Waals surface area contributed by atoms with Crippen LogP contribution < -0.4 is 5.73 Å². The Labute approximate surface area is 163 Å². The van der Waals surface area contributed by atoms with Gasteiger partial charge in [-0.2, -0.15) is 5.10 Å². The molecule has 0 atom stereocenters. The predicted octanol–water partition coefficient (Wildman–Crippen LogP) is 3.69. The molecule has 2 heterocycles. The van der Waals surface area contributed by atoms with Crippen molar-refractivity contribution in [2.24, 2.45) is 5.73 Å². The van der Waals surface area contributed by atoms with E-state index in [1.165, 1.54) is 0 Å². The third-order valence-electron chi connectivity index (χ3n) is 4.93. The first-order valence-corrected chi connectivity index (χ1v) is 9.54. The maximum Gasteiger partial charge on any atom is 0.249 e. The van der Waals surface area contributed by atoms with Gasteiger partial charge < -0.3 is 5.73 Å². The number of fused-ring (bicyclic) bond motifs is 1. The molecule has 0 saturated carbocycles. The number of carbonyl (C=O) groups is 1. The Morgan fingerprint density at radius 1 is 1.11 bits per heavy atom. The number of nitrogens with zero attached hydrogens (tertiary/aromatic N) is 4. The van der Waals surface area contributed by atoms with Gasteiger partial charge in [-0.25, -0.2) is 9.50 Å². The number of carbonyl (C=O) groups excluding carboxylic acids is 1. The lowest BCUT2D eigenvalue weighted by atomic mass is 9.98. The number of benzene rings is 2. The number of hydrogen-bond donors (Lipinski definition) is 1. The zero-order valence-electron chi connectivity index (χ0n) is 15.9. The summed E-state index contributed by atoms with van der Waals surface area (Å²) in [4.78, 5) is 16.2. The van der Waals surface area contributed by atoms with E-state index in [1.807, 2.05) is 41.0 Å². The zero-order chi connectivity index (χ0) is 19.5. The molecule has 142 valence electrons. The molecule has 0 bridgehead atoms. The first-order valence-electron chi connectivity index (χ1n) is 9.54. The second kappa shape index (κ2) is 7.68. The summed E-state index contributed by atoms with van der Waals surface area (Å²) in [5.74, 6) is 1.49. The van der Waals surface area contributed by atoms with Crippen molar-refractivity contribution >= 4 is 11.7 Å². The Morgan fingerprint density at radius 2 is 1.89 bits per heavy atom. The van der Waals surface area contributed by atoms with Crippen LogP contribution in [0.5, 0.6) is 0 Å². The van der Waals surface area contributed by atoms with Crippen LogP contribution in [0.15, 0.2) is 60.9 Å². The lowest BCUT2D eigenvalue weighted by Gasteiger charge is -2.10. The average Bonchev–Trinajstić information content (AvgIpc) is 3.29. The fourth-order valence-corrected chi connectivity index (χ4v) is 3.46. The number of rotatable bonds is 7. The number of imidazole rings is 1. The van der Waals surface area contributed by atoms with Gasteiger partial charge in [-0.05, 0) is 29.2 Å². The molecule has 2 aromatic carbocycles. The third kappa shape index (κ3) is 3.41. The Hall–Kier alpha value is -3.41. The summed E-state index contributed by atoms with van der Waals surface area (Å²) in [7, 11) is 0. The van der Waals surface area contributed by atoms with Crippen molar-refractivity contribution in [3.05, 3.63) is 77.9 Å². The Kier molecular flexibility index (Phi) is 4.93. The molecule has 0 aliphatic heterocycles. The van der Waals surface area contributed by atoms with Crippen molar-refractivity contribution in [1.82, 2.24) is 19.2 Å². The van der Waals surface area contributed by atoms with Crippen molar-refractivity contribution in [3.8, 4) is 11.1 Å². The first kappa shape index (κ1) is 18.0. The zero-order valence-corrected chi connectivity index (χ0v) is 15.9. The minimum absolute atomic E-state index is 0.416. The average molecular weight is 373 g/mol. The van der Waals surface area contributed by atoms with E-state index in [-0.39, 0.29) is 0 Å². The van der Waals surface area contributed by atoms with E-state index in [1.54, 1.807) is 12.3 Å². The van der Waals surface area contributed by atoms with Gasteiger partial charge >= 0.3 is 0 Å². The molecule has 2 aromatic heterocycles. The summed E-state index contributed by atoms with van der Waals surface area (Å²) in [5, 5.41) is 4.67. The van der Waals surface area contributed by atoms with Crippen LogP contribution >= 0.6 is 0 Å².